The van der Waals surface area contributed by atoms with Gasteiger partial charge in [0.25, 0.3) is 0 Å². The summed E-state index contributed by atoms with van der Waals surface area (Å²) >= 11 is 5.06. The molecule has 5 nitrogen and oxygen atoms in total. The highest BCUT2D eigenvalue weighted by molar-refractivity contribution is 9.10. The maximum Gasteiger partial charge on any atom is 0.233 e. The molecule has 0 aliphatic carbocycles. The lowest BCUT2D eigenvalue weighted by Gasteiger charge is -2.25. The summed E-state index contributed by atoms with van der Waals surface area (Å²) in [5.41, 5.74) is 1.97. The number of nitrogens with zero attached hydrogens (tertiary/aromatic N) is 3. The van der Waals surface area contributed by atoms with Crippen LogP contribution in [0, 0.1) is 0 Å². The molecule has 1 atom stereocenters. The van der Waals surface area contributed by atoms with Crippen LogP contribution in [0.25, 0.3) is 0 Å². The largest absolute Gasteiger partial charge is 0.342 e. The van der Waals surface area contributed by atoms with Crippen molar-refractivity contribution in [3.05, 3.63) is 44.8 Å². The van der Waals surface area contributed by atoms with Crippen LogP contribution in [0.4, 0.5) is 5.69 Å². The zero-order chi connectivity index (χ0) is 17.6. The van der Waals surface area contributed by atoms with Crippen molar-refractivity contribution < 1.29 is 9.59 Å². The molecule has 1 fully saturated rings. The van der Waals surface area contributed by atoms with E-state index >= 15 is 0 Å². The summed E-state index contributed by atoms with van der Waals surface area (Å²) in [5, 5.41) is 2.72. The molecule has 7 heteroatoms. The summed E-state index contributed by atoms with van der Waals surface area (Å²) in [5.74, 6) is 0.164. The average Bonchev–Trinajstić information content (AvgIpc) is 3.28. The minimum Gasteiger partial charge on any atom is -0.342 e. The number of amides is 2. The monoisotopic (exact) mass is 419 g/mol. The predicted molar refractivity (Wildman–Crippen MR) is 101 cm³/mol. The summed E-state index contributed by atoms with van der Waals surface area (Å²) < 4.78 is 1.00. The van der Waals surface area contributed by atoms with Crippen molar-refractivity contribution in [2.75, 3.05) is 24.5 Å². The Morgan fingerprint density at radius 2 is 2.20 bits per heavy atom. The highest BCUT2D eigenvalue weighted by Crippen LogP contribution is 2.47. The second kappa shape index (κ2) is 6.21. The molecule has 3 heterocycles. The van der Waals surface area contributed by atoms with Crippen molar-refractivity contribution >= 4 is 44.8 Å². The molecule has 2 aromatic rings. The summed E-state index contributed by atoms with van der Waals surface area (Å²) in [4.78, 5) is 32.7. The van der Waals surface area contributed by atoms with Gasteiger partial charge in [0.2, 0.25) is 11.8 Å². The van der Waals surface area contributed by atoms with Crippen LogP contribution in [-0.2, 0) is 21.4 Å². The van der Waals surface area contributed by atoms with E-state index < -0.39 is 0 Å². The molecule has 4 rings (SSSR count). The van der Waals surface area contributed by atoms with E-state index in [1.54, 1.807) is 13.1 Å². The maximum atomic E-state index is 12.9. The first-order chi connectivity index (χ1) is 12.0. The number of carbonyl (C=O) groups excluding carboxylic acids is 2. The molecule has 2 amide bonds. The first-order valence-corrected chi connectivity index (χ1v) is 9.90. The fourth-order valence-corrected chi connectivity index (χ4v) is 4.89. The van der Waals surface area contributed by atoms with Gasteiger partial charge in [-0.3, -0.25) is 9.59 Å². The second-order valence-corrected chi connectivity index (χ2v) is 8.61. The van der Waals surface area contributed by atoms with Crippen LogP contribution in [0.3, 0.4) is 0 Å². The molecular weight excluding hydrogens is 402 g/mol. The number of aromatic nitrogens is 1. The van der Waals surface area contributed by atoms with E-state index in [-0.39, 0.29) is 17.2 Å². The van der Waals surface area contributed by atoms with E-state index in [0.29, 0.717) is 19.5 Å². The lowest BCUT2D eigenvalue weighted by atomic mass is 9.81. The van der Waals surface area contributed by atoms with Gasteiger partial charge < -0.3 is 9.80 Å². The summed E-state index contributed by atoms with van der Waals surface area (Å²) in [6.07, 6.45) is 2.93. The van der Waals surface area contributed by atoms with E-state index in [1.165, 1.54) is 11.3 Å². The highest BCUT2D eigenvalue weighted by Gasteiger charge is 2.49. The number of rotatable bonds is 2. The molecule has 0 N–H and O–H groups in total. The minimum atomic E-state index is -0.163. The number of halogens is 1. The van der Waals surface area contributed by atoms with Gasteiger partial charge in [-0.2, -0.15) is 0 Å². The van der Waals surface area contributed by atoms with Gasteiger partial charge in [0.15, 0.2) is 0 Å². The van der Waals surface area contributed by atoms with E-state index in [1.807, 2.05) is 27.3 Å². The van der Waals surface area contributed by atoms with Gasteiger partial charge in [-0.05, 0) is 30.2 Å². The van der Waals surface area contributed by atoms with Crippen LogP contribution >= 0.6 is 27.3 Å². The van der Waals surface area contributed by atoms with Crippen LogP contribution < -0.4 is 4.90 Å². The van der Waals surface area contributed by atoms with Crippen LogP contribution in [0.15, 0.2) is 34.2 Å². The summed E-state index contributed by atoms with van der Waals surface area (Å²) in [6, 6.07) is 6.08. The molecule has 1 aromatic carbocycles. The second-order valence-electron chi connectivity index (χ2n) is 6.71. The Labute approximate surface area is 158 Å². The quantitative estimate of drug-likeness (QED) is 0.751. The van der Waals surface area contributed by atoms with Crippen molar-refractivity contribution in [2.45, 2.75) is 25.2 Å². The van der Waals surface area contributed by atoms with E-state index in [9.17, 15) is 9.59 Å². The number of benzene rings is 1. The molecule has 0 bridgehead atoms. The van der Waals surface area contributed by atoms with E-state index in [4.69, 9.17) is 0 Å². The molecule has 0 saturated carbocycles. The number of carbonyl (C=O) groups is 2. The first-order valence-electron chi connectivity index (χ1n) is 8.23. The lowest BCUT2D eigenvalue weighted by Crippen LogP contribution is -2.40. The number of likely N-dealkylation sites (tertiary alicyclic amines) is 1. The van der Waals surface area contributed by atoms with Gasteiger partial charge >= 0.3 is 0 Å². The first kappa shape index (κ1) is 16.7. The highest BCUT2D eigenvalue weighted by atomic mass is 79.9. The van der Waals surface area contributed by atoms with Gasteiger partial charge in [-0.25, -0.2) is 4.98 Å². The van der Waals surface area contributed by atoms with Crippen molar-refractivity contribution in [1.29, 1.82) is 0 Å². The average molecular weight is 420 g/mol. The van der Waals surface area contributed by atoms with E-state index in [0.717, 1.165) is 33.7 Å². The smallest absolute Gasteiger partial charge is 0.233 e. The number of fused-ring (bicyclic) bond motifs is 2. The fourth-order valence-electron chi connectivity index (χ4n) is 3.92. The molecule has 25 heavy (non-hydrogen) atoms. The standard InChI is InChI=1S/C18H18BrN3O2S/c1-12(23)21-6-4-18(10-21)11-22(15-3-2-13(19)8-14(15)18)17(24)9-16-20-5-7-25-16/h2-3,5,7-8H,4,6,9-11H2,1H3/t18-/m0/s1. The van der Waals surface area contributed by atoms with Gasteiger partial charge in [0.05, 0.1) is 6.42 Å². The molecule has 1 saturated heterocycles. The van der Waals surface area contributed by atoms with Crippen LogP contribution in [0.1, 0.15) is 23.9 Å². The summed E-state index contributed by atoms with van der Waals surface area (Å²) in [6.45, 7) is 3.66. The number of hydrogen-bond acceptors (Lipinski definition) is 4. The molecule has 2 aliphatic rings. The molecule has 1 spiro atoms. The van der Waals surface area contributed by atoms with Crippen molar-refractivity contribution in [3.63, 3.8) is 0 Å². The Kier molecular flexibility index (Phi) is 4.16. The Bertz CT molecular complexity index is 839. The molecule has 1 aromatic heterocycles. The van der Waals surface area contributed by atoms with Crippen molar-refractivity contribution in [2.24, 2.45) is 0 Å². The Balaban J connectivity index is 1.68. The molecule has 0 unspecified atom stereocenters. The van der Waals surface area contributed by atoms with Crippen molar-refractivity contribution in [3.8, 4) is 0 Å². The van der Waals surface area contributed by atoms with Crippen LogP contribution in [0.2, 0.25) is 0 Å². The van der Waals surface area contributed by atoms with Gasteiger partial charge in [-0.1, -0.05) is 15.9 Å². The molecular formula is C18H18BrN3O2S. The SMILES string of the molecule is CC(=O)N1CC[C@]2(C1)CN(C(=O)Cc1nccs1)c1ccc(Br)cc12. The Morgan fingerprint density at radius 1 is 1.36 bits per heavy atom. The maximum absolute atomic E-state index is 12.9. The van der Waals surface area contributed by atoms with Crippen LogP contribution in [0.5, 0.6) is 0 Å². The third-order valence-electron chi connectivity index (χ3n) is 5.17. The summed E-state index contributed by atoms with van der Waals surface area (Å²) in [7, 11) is 0. The Hall–Kier alpha value is -1.73. The van der Waals surface area contributed by atoms with Gasteiger partial charge in [-0.15, -0.1) is 11.3 Å². The topological polar surface area (TPSA) is 53.5 Å². The number of thiazole rings is 1. The van der Waals surface area contributed by atoms with E-state index in [2.05, 4.69) is 27.0 Å². The van der Waals surface area contributed by atoms with Crippen LogP contribution in [-0.4, -0.2) is 41.3 Å². The minimum absolute atomic E-state index is 0.0664. The predicted octanol–water partition coefficient (Wildman–Crippen LogP) is 2.98. The molecule has 130 valence electrons. The number of hydrogen-bond donors (Lipinski definition) is 0. The van der Waals surface area contributed by atoms with Gasteiger partial charge in [0.1, 0.15) is 5.01 Å². The third kappa shape index (κ3) is 2.89. The van der Waals surface area contributed by atoms with Crippen molar-refractivity contribution in [1.82, 2.24) is 9.88 Å². The number of anilines is 1. The zero-order valence-corrected chi connectivity index (χ0v) is 16.3. The lowest BCUT2D eigenvalue weighted by molar-refractivity contribution is -0.127. The third-order valence-corrected chi connectivity index (χ3v) is 6.44. The fraction of sp³-hybridized carbons (Fsp3) is 0.389. The zero-order valence-electron chi connectivity index (χ0n) is 13.9. The molecule has 2 aliphatic heterocycles. The normalized spacial score (nSPS) is 21.8. The molecule has 0 radical (unpaired) electrons. The Morgan fingerprint density at radius 3 is 2.88 bits per heavy atom. The van der Waals surface area contributed by atoms with Gasteiger partial charge in [0, 0.05) is 53.7 Å².